The summed E-state index contributed by atoms with van der Waals surface area (Å²) < 4.78 is 0. The van der Waals surface area contributed by atoms with Crippen LogP contribution in [0, 0.1) is 27.7 Å². The number of aldehydes is 1. The molecule has 12 heteroatoms. The van der Waals surface area contributed by atoms with Gasteiger partial charge in [0.15, 0.2) is 12.1 Å². The van der Waals surface area contributed by atoms with E-state index in [-0.39, 0.29) is 18.1 Å². The molecule has 180 valence electrons. The van der Waals surface area contributed by atoms with Gasteiger partial charge in [-0.15, -0.1) is 0 Å². The first-order valence-electron chi connectivity index (χ1n) is 9.61. The highest BCUT2D eigenvalue weighted by molar-refractivity contribution is 6.23. The second kappa shape index (κ2) is 14.3. The lowest BCUT2D eigenvalue weighted by Crippen LogP contribution is -2.30. The lowest BCUT2D eigenvalue weighted by molar-refractivity contribution is -0.128. The van der Waals surface area contributed by atoms with E-state index >= 15 is 0 Å². The van der Waals surface area contributed by atoms with Gasteiger partial charge in [-0.25, -0.2) is 11.7 Å². The van der Waals surface area contributed by atoms with Crippen molar-refractivity contribution in [2.24, 2.45) is 23.4 Å². The van der Waals surface area contributed by atoms with Gasteiger partial charge in [0.25, 0.3) is 11.8 Å². The van der Waals surface area contributed by atoms with Gasteiger partial charge in [-0.05, 0) is 74.2 Å². The van der Waals surface area contributed by atoms with Gasteiger partial charge >= 0.3 is 0 Å². The number of hydrazine groups is 4. The average Bonchev–Trinajstić information content (AvgIpc) is 2.82. The number of carbonyl (C=O) groups is 4. The predicted molar refractivity (Wildman–Crippen MR) is 128 cm³/mol. The van der Waals surface area contributed by atoms with Crippen LogP contribution in [0.3, 0.4) is 0 Å². The van der Waals surface area contributed by atoms with E-state index in [1.54, 1.807) is 24.3 Å². The topological polar surface area (TPSA) is 220 Å². The molecule has 0 atom stereocenters. The Morgan fingerprint density at radius 2 is 0.970 bits per heavy atom. The zero-order valence-electron chi connectivity index (χ0n) is 19.3. The zero-order valence-corrected chi connectivity index (χ0v) is 19.3. The Hall–Kier alpha value is -3.84. The van der Waals surface area contributed by atoms with E-state index in [1.165, 1.54) is 6.92 Å². The van der Waals surface area contributed by atoms with Crippen LogP contribution in [0.1, 0.15) is 49.9 Å². The quantitative estimate of drug-likeness (QED) is 0.0992. The molecule has 0 unspecified atom stereocenters. The van der Waals surface area contributed by atoms with Crippen LogP contribution < -0.4 is 45.1 Å². The molecule has 12 N–H and O–H groups in total. The molecule has 2 amide bonds. The summed E-state index contributed by atoms with van der Waals surface area (Å²) in [6.07, 6.45) is 0.278. The van der Waals surface area contributed by atoms with Crippen LogP contribution in [0.25, 0.3) is 0 Å². The summed E-state index contributed by atoms with van der Waals surface area (Å²) in [5.41, 5.74) is 15.6. The number of rotatable bonds is 5. The van der Waals surface area contributed by atoms with E-state index in [0.717, 1.165) is 33.6 Å². The van der Waals surface area contributed by atoms with Gasteiger partial charge in [-0.1, -0.05) is 0 Å². The van der Waals surface area contributed by atoms with Gasteiger partial charge in [0, 0.05) is 18.1 Å². The van der Waals surface area contributed by atoms with E-state index in [2.05, 4.69) is 21.7 Å². The summed E-state index contributed by atoms with van der Waals surface area (Å²) in [7, 11) is 0. The van der Waals surface area contributed by atoms with E-state index in [4.69, 9.17) is 28.2 Å². The number of benzene rings is 2. The molecule has 0 saturated carbocycles. The van der Waals surface area contributed by atoms with Gasteiger partial charge < -0.3 is 10.9 Å². The van der Waals surface area contributed by atoms with E-state index in [9.17, 15) is 14.4 Å². The Labute approximate surface area is 192 Å². The summed E-state index contributed by atoms with van der Waals surface area (Å²) in [4.78, 5) is 41.2. The molecule has 0 bridgehead atoms. The normalized spacial score (nSPS) is 9.24. The molecular formula is C21H32N8O4. The van der Waals surface area contributed by atoms with Crippen molar-refractivity contribution in [2.75, 3.05) is 10.9 Å². The molecule has 0 aliphatic heterocycles. The first kappa shape index (κ1) is 29.2. The van der Waals surface area contributed by atoms with Crippen molar-refractivity contribution >= 4 is 35.3 Å². The maximum Gasteiger partial charge on any atom is 0.265 e. The maximum absolute atomic E-state index is 11.3. The Morgan fingerprint density at radius 1 is 0.667 bits per heavy atom. The lowest BCUT2D eigenvalue weighted by atomic mass is 10.0. The number of nitrogens with two attached hydrogens (primary N) is 4. The van der Waals surface area contributed by atoms with Gasteiger partial charge in [-0.2, -0.15) is 0 Å². The largest absolute Gasteiger partial charge is 0.324 e. The fourth-order valence-electron chi connectivity index (χ4n) is 2.60. The maximum atomic E-state index is 11.3. The van der Waals surface area contributed by atoms with Crippen LogP contribution in [-0.4, -0.2) is 23.9 Å². The number of nitrogens with one attached hydrogen (secondary N) is 4. The summed E-state index contributed by atoms with van der Waals surface area (Å²) in [6, 6.07) is 6.85. The highest BCUT2D eigenvalue weighted by Crippen LogP contribution is 2.21. The Morgan fingerprint density at radius 3 is 1.18 bits per heavy atom. The van der Waals surface area contributed by atoms with Crippen LogP contribution >= 0.6 is 0 Å². The van der Waals surface area contributed by atoms with Crippen LogP contribution in [0.15, 0.2) is 24.3 Å². The third kappa shape index (κ3) is 8.31. The van der Waals surface area contributed by atoms with Crippen molar-refractivity contribution in [3.63, 3.8) is 0 Å². The molecule has 0 radical (unpaired) electrons. The molecule has 33 heavy (non-hydrogen) atoms. The van der Waals surface area contributed by atoms with Crippen molar-refractivity contribution in [1.82, 2.24) is 10.9 Å². The zero-order chi connectivity index (χ0) is 25.7. The lowest BCUT2D eigenvalue weighted by Gasteiger charge is -2.11. The first-order valence-corrected chi connectivity index (χ1v) is 9.61. The van der Waals surface area contributed by atoms with E-state index in [0.29, 0.717) is 11.1 Å². The number of nitrogen functional groups attached to an aromatic ring is 4. The van der Waals surface area contributed by atoms with Crippen LogP contribution in [-0.2, 0) is 9.59 Å². The Balaban J connectivity index is 0.000000517. The molecule has 2 aromatic rings. The van der Waals surface area contributed by atoms with Crippen molar-refractivity contribution in [3.8, 4) is 0 Å². The summed E-state index contributed by atoms with van der Waals surface area (Å²) in [5.74, 6) is 19.7. The molecule has 0 aliphatic rings. The minimum atomic E-state index is -0.426. The van der Waals surface area contributed by atoms with Gasteiger partial charge in [-0.3, -0.25) is 41.7 Å². The van der Waals surface area contributed by atoms with Gasteiger partial charge in [0.05, 0.1) is 11.4 Å². The van der Waals surface area contributed by atoms with Crippen molar-refractivity contribution in [3.05, 3.63) is 57.6 Å². The molecule has 0 heterocycles. The number of anilines is 2. The van der Waals surface area contributed by atoms with Gasteiger partial charge in [0.2, 0.25) is 0 Å². The fourth-order valence-corrected chi connectivity index (χ4v) is 2.60. The van der Waals surface area contributed by atoms with E-state index in [1.807, 2.05) is 27.7 Å². The Bertz CT molecular complexity index is 937. The molecular weight excluding hydrogens is 428 g/mol. The molecule has 2 rings (SSSR count). The number of hydrogen-bond donors (Lipinski definition) is 8. The average molecular weight is 461 g/mol. The highest BCUT2D eigenvalue weighted by atomic mass is 16.2. The Kier molecular flexibility index (Phi) is 12.6. The smallest absolute Gasteiger partial charge is 0.265 e. The first-order chi connectivity index (χ1) is 15.5. The third-order valence-corrected chi connectivity index (χ3v) is 4.80. The standard InChI is InChI=1S/2C9H14N4O.C3H4O2/c2*1-5-6(2)8(12-10)4-3-7(5)9(14)13-11;1-3(5)2-4/h2*3-4,12H,10-11H2,1-2H3,(H,13,14);2H,1H3. The van der Waals surface area contributed by atoms with Crippen molar-refractivity contribution in [1.29, 1.82) is 0 Å². The van der Waals surface area contributed by atoms with Crippen molar-refractivity contribution < 1.29 is 19.2 Å². The monoisotopic (exact) mass is 460 g/mol. The second-order valence-electron chi connectivity index (χ2n) is 6.79. The second-order valence-corrected chi connectivity index (χ2v) is 6.79. The van der Waals surface area contributed by atoms with Crippen LogP contribution in [0.4, 0.5) is 11.4 Å². The van der Waals surface area contributed by atoms with Crippen LogP contribution in [0.5, 0.6) is 0 Å². The molecule has 2 aromatic carbocycles. The van der Waals surface area contributed by atoms with E-state index < -0.39 is 5.78 Å². The molecule has 0 saturated heterocycles. The number of amides is 2. The third-order valence-electron chi connectivity index (χ3n) is 4.80. The molecule has 0 spiro atoms. The summed E-state index contributed by atoms with van der Waals surface area (Å²) in [5, 5.41) is 0. The number of Topliss-reactive ketones (excluding diaryl/α,β-unsaturated/α-hetero) is 1. The number of carbonyl (C=O) groups excluding carboxylic acids is 4. The molecule has 0 fully saturated rings. The fraction of sp³-hybridized carbons (Fsp3) is 0.238. The summed E-state index contributed by atoms with van der Waals surface area (Å²) in [6.45, 7) is 8.68. The van der Waals surface area contributed by atoms with Crippen molar-refractivity contribution in [2.45, 2.75) is 34.6 Å². The molecule has 0 aromatic heterocycles. The van der Waals surface area contributed by atoms with Gasteiger partial charge in [0.1, 0.15) is 0 Å². The molecule has 12 nitrogen and oxygen atoms in total. The van der Waals surface area contributed by atoms with Crippen LogP contribution in [0.2, 0.25) is 0 Å². The SMILES string of the molecule is CC(=O)C=O.Cc1c(NN)ccc(C(=O)NN)c1C.Cc1c(NN)ccc(C(=O)NN)c1C. The number of ketones is 1. The molecule has 0 aliphatic carbocycles. The summed E-state index contributed by atoms with van der Waals surface area (Å²) >= 11 is 0. The number of hydrogen-bond acceptors (Lipinski definition) is 10. The minimum Gasteiger partial charge on any atom is -0.324 e. The highest BCUT2D eigenvalue weighted by Gasteiger charge is 2.11. The predicted octanol–water partition coefficient (Wildman–Crippen LogP) is 0.159. The minimum absolute atomic E-state index is 0.278.